The average Bonchev–Trinajstić information content (AvgIpc) is 3.24. The van der Waals surface area contributed by atoms with Crippen LogP contribution in [0.15, 0.2) is 0 Å². The number of nitrogens with one attached hydrogen (secondary N) is 3. The van der Waals surface area contributed by atoms with Crippen molar-refractivity contribution in [3.63, 3.8) is 0 Å². The van der Waals surface area contributed by atoms with E-state index in [9.17, 15) is 74.7 Å². The summed E-state index contributed by atoms with van der Waals surface area (Å²) in [5.74, 6) is -3.05. The molecule has 5 amide bonds. The fourth-order valence-corrected chi connectivity index (χ4v) is 15.0. The number of hydrogen-bond acceptors (Lipinski definition) is 15. The summed E-state index contributed by atoms with van der Waals surface area (Å²) in [5.41, 5.74) is -0.330. The number of aliphatic hydroxyl groups excluding tert-OH is 9. The zero-order valence-electron chi connectivity index (χ0n) is 32.5. The lowest BCUT2D eigenvalue weighted by Crippen LogP contribution is -2.46. The molecule has 2 rings (SSSR count). The van der Waals surface area contributed by atoms with Gasteiger partial charge in [-0.05, 0) is 148 Å². The molecule has 12 N–H and O–H groups in total. The summed E-state index contributed by atoms with van der Waals surface area (Å²) in [6.45, 7) is -2.92. The van der Waals surface area contributed by atoms with Gasteiger partial charge in [-0.3, -0.25) is 28.8 Å². The second-order valence-electron chi connectivity index (χ2n) is 13.6. The summed E-state index contributed by atoms with van der Waals surface area (Å²) >= 11 is 10.7. The van der Waals surface area contributed by atoms with Crippen LogP contribution in [0.4, 0.5) is 11.4 Å². The Hall–Kier alpha value is -0.520. The number of anilines is 2. The molecule has 26 heteroatoms. The number of aliphatic hydroxyl groups is 9. The Morgan fingerprint density at radius 1 is 0.532 bits per heavy atom. The number of Topliss-reactive ketones (excluding diaryl/α,β-unsaturated/α-hetero) is 1. The molecule has 6 unspecified atom stereocenters. The molecule has 0 aliphatic heterocycles. The Kier molecular flexibility index (Phi) is 26.0. The molecule has 0 aliphatic rings. The third-order valence-corrected chi connectivity index (χ3v) is 15.2. The lowest BCUT2D eigenvalue weighted by atomic mass is 9.98. The quantitative estimate of drug-likeness (QED) is 0.0321. The van der Waals surface area contributed by atoms with Crippen molar-refractivity contribution >= 4 is 183 Å². The third kappa shape index (κ3) is 15.3. The fraction of sp³-hybridized carbons (Fsp3) is 0.500. The lowest BCUT2D eigenvalue weighted by Gasteiger charge is -2.31. The van der Waals surface area contributed by atoms with Crippen LogP contribution in [0.1, 0.15) is 61.2 Å². The highest BCUT2D eigenvalue weighted by atomic mass is 127. The molecule has 6 atom stereocenters. The van der Waals surface area contributed by atoms with Crippen LogP contribution in [-0.2, 0) is 9.59 Å². The van der Waals surface area contributed by atoms with Gasteiger partial charge in [0, 0.05) is 48.9 Å². The molecule has 346 valence electrons. The zero-order valence-corrected chi connectivity index (χ0v) is 45.5. The average molecular weight is 1550 g/mol. The van der Waals surface area contributed by atoms with Crippen molar-refractivity contribution in [1.29, 1.82) is 0 Å². The van der Waals surface area contributed by atoms with Gasteiger partial charge < -0.3 is 71.7 Å². The van der Waals surface area contributed by atoms with Gasteiger partial charge in [-0.25, -0.2) is 0 Å². The number of carbonyl (C=O) groups is 6. The van der Waals surface area contributed by atoms with Crippen molar-refractivity contribution in [2.45, 2.75) is 50.3 Å². The van der Waals surface area contributed by atoms with Crippen LogP contribution in [0.5, 0.6) is 0 Å². The predicted molar refractivity (Wildman–Crippen MR) is 274 cm³/mol. The van der Waals surface area contributed by atoms with Crippen molar-refractivity contribution in [3.8, 4) is 0 Å². The van der Waals surface area contributed by atoms with Crippen LogP contribution in [0.3, 0.4) is 0 Å². The van der Waals surface area contributed by atoms with E-state index in [1.54, 1.807) is 97.3 Å². The maximum absolute atomic E-state index is 13.7. The van der Waals surface area contributed by atoms with Gasteiger partial charge in [-0.1, -0.05) is 6.92 Å². The minimum Gasteiger partial charge on any atom is -0.396 e. The summed E-state index contributed by atoms with van der Waals surface area (Å²) in [7, 11) is 0. The standard InChI is InChI=1S/C36H45I6N5O15/c1-15(9-48)2-3-19(57)22-26(37)23(34(60)43-4-16(54)10-49)29(40)32(28(22)39)46(13-52)7-20(58)21(59)8-47(14-53)33-30(41)24(35(61)44-5-17(55)11-50)27(38)25(31(33)42)36(62)45-6-18(56)12-51/h13-18,20-21,48-51,54-56,58-59H,2-12H2,1H3,(H,43,60)(H,44,61)(H,45,62). The number of halogens is 6. The molecule has 62 heavy (non-hydrogen) atoms. The number of rotatable bonds is 26. The minimum absolute atomic E-state index is 0.0113. The van der Waals surface area contributed by atoms with E-state index in [0.717, 1.165) is 9.80 Å². The maximum Gasteiger partial charge on any atom is 0.253 e. The predicted octanol–water partition coefficient (Wildman–Crippen LogP) is -0.498. The van der Waals surface area contributed by atoms with Crippen molar-refractivity contribution in [2.75, 3.05) is 69.0 Å². The molecule has 20 nitrogen and oxygen atoms in total. The molecule has 0 bridgehead atoms. The number of ketones is 1. The van der Waals surface area contributed by atoms with Crippen molar-refractivity contribution in [3.05, 3.63) is 43.7 Å². The highest BCUT2D eigenvalue weighted by Crippen LogP contribution is 2.40. The molecule has 0 spiro atoms. The highest BCUT2D eigenvalue weighted by Gasteiger charge is 2.35. The number of amides is 5. The summed E-state index contributed by atoms with van der Waals surface area (Å²) in [4.78, 5) is 81.8. The summed E-state index contributed by atoms with van der Waals surface area (Å²) in [5, 5.41) is 97.1. The Morgan fingerprint density at radius 3 is 1.13 bits per heavy atom. The van der Waals surface area contributed by atoms with Gasteiger partial charge in [0.25, 0.3) is 17.7 Å². The van der Waals surface area contributed by atoms with Crippen LogP contribution in [0.25, 0.3) is 0 Å². The molecular formula is C36H45I6N5O15. The first-order chi connectivity index (χ1) is 29.2. The molecule has 0 aromatic heterocycles. The van der Waals surface area contributed by atoms with Gasteiger partial charge >= 0.3 is 0 Å². The largest absolute Gasteiger partial charge is 0.396 e. The van der Waals surface area contributed by atoms with E-state index < -0.39 is 100 Å². The Labute approximate surface area is 437 Å². The molecular weight excluding hydrogens is 1500 g/mol. The molecule has 0 saturated carbocycles. The normalized spacial score (nSPS) is 14.2. The number of nitrogens with zero attached hydrogens (tertiary/aromatic N) is 2. The molecule has 0 heterocycles. The van der Waals surface area contributed by atoms with E-state index in [0.29, 0.717) is 12.8 Å². The summed E-state index contributed by atoms with van der Waals surface area (Å²) in [6, 6.07) is 0. The first-order valence-corrected chi connectivity index (χ1v) is 24.7. The summed E-state index contributed by atoms with van der Waals surface area (Å²) < 4.78 is 0.838. The number of benzene rings is 2. The molecule has 0 fully saturated rings. The fourth-order valence-electron chi connectivity index (χ4n) is 5.35. The second-order valence-corrected chi connectivity index (χ2v) is 20.1. The van der Waals surface area contributed by atoms with Gasteiger partial charge in [-0.2, -0.15) is 0 Å². The smallest absolute Gasteiger partial charge is 0.253 e. The second kappa shape index (κ2) is 28.0. The van der Waals surface area contributed by atoms with E-state index >= 15 is 0 Å². The topological polar surface area (TPSA) is 327 Å². The first-order valence-electron chi connectivity index (χ1n) is 18.2. The molecule has 0 aliphatic carbocycles. The van der Waals surface area contributed by atoms with Crippen LogP contribution in [0.2, 0.25) is 0 Å². The molecule has 0 saturated heterocycles. The minimum atomic E-state index is -1.84. The van der Waals surface area contributed by atoms with E-state index in [4.69, 9.17) is 0 Å². The van der Waals surface area contributed by atoms with Crippen molar-refractivity contribution < 1.29 is 74.7 Å². The zero-order chi connectivity index (χ0) is 47.2. The first kappa shape index (κ1) is 57.6. The van der Waals surface area contributed by atoms with Gasteiger partial charge in [0.1, 0.15) is 0 Å². The molecule has 2 aromatic carbocycles. The van der Waals surface area contributed by atoms with E-state index in [-0.39, 0.29) is 87.0 Å². The molecule has 2 aromatic rings. The van der Waals surface area contributed by atoms with Gasteiger partial charge in [0.05, 0.1) is 102 Å². The van der Waals surface area contributed by atoms with Gasteiger partial charge in [-0.15, -0.1) is 0 Å². The van der Waals surface area contributed by atoms with Crippen molar-refractivity contribution in [2.24, 2.45) is 5.92 Å². The molecule has 0 radical (unpaired) electrons. The van der Waals surface area contributed by atoms with E-state index in [1.165, 1.54) is 0 Å². The monoisotopic (exact) mass is 1550 g/mol. The Balaban J connectivity index is 2.69. The van der Waals surface area contributed by atoms with Crippen LogP contribution < -0.4 is 25.8 Å². The maximum atomic E-state index is 13.7. The van der Waals surface area contributed by atoms with Crippen molar-refractivity contribution in [1.82, 2.24) is 16.0 Å². The third-order valence-electron chi connectivity index (χ3n) is 8.89. The van der Waals surface area contributed by atoms with Crippen LogP contribution >= 0.6 is 136 Å². The SMILES string of the molecule is CC(CO)CCC(=O)c1c(I)c(C(=O)NCC(O)CO)c(I)c(N(C=O)CC(O)C(O)CN(C=O)c2c(I)c(C(=O)NCC(O)CO)c(I)c(C(=O)NCC(O)CO)c2I)c1I. The van der Waals surface area contributed by atoms with Crippen LogP contribution in [-0.4, -0.2) is 172 Å². The van der Waals surface area contributed by atoms with E-state index in [1.807, 2.05) is 45.2 Å². The Morgan fingerprint density at radius 2 is 0.839 bits per heavy atom. The Bertz CT molecular complexity index is 1710. The van der Waals surface area contributed by atoms with Gasteiger partial charge in [0.15, 0.2) is 5.78 Å². The van der Waals surface area contributed by atoms with Gasteiger partial charge in [0.2, 0.25) is 12.8 Å². The summed E-state index contributed by atoms with van der Waals surface area (Å²) in [6.07, 6.45) is -6.81. The van der Waals surface area contributed by atoms with E-state index in [2.05, 4.69) is 16.0 Å². The highest BCUT2D eigenvalue weighted by molar-refractivity contribution is 14.1. The number of hydrogen-bond donors (Lipinski definition) is 12. The van der Waals surface area contributed by atoms with Crippen LogP contribution in [0, 0.1) is 27.3 Å². The lowest BCUT2D eigenvalue weighted by molar-refractivity contribution is -0.109. The number of carbonyl (C=O) groups excluding carboxylic acids is 6.